The third-order valence-electron chi connectivity index (χ3n) is 2.85. The predicted molar refractivity (Wildman–Crippen MR) is 75.3 cm³/mol. The zero-order valence-electron chi connectivity index (χ0n) is 11.2. The summed E-state index contributed by atoms with van der Waals surface area (Å²) in [4.78, 5) is 0. The molecule has 102 valence electrons. The highest BCUT2D eigenvalue weighted by molar-refractivity contribution is 9.10. The van der Waals surface area contributed by atoms with Gasteiger partial charge in [0.05, 0.1) is 20.3 Å². The number of aliphatic hydroxyl groups is 1. The minimum Gasteiger partial charge on any atom is -0.495 e. The van der Waals surface area contributed by atoms with Crippen LogP contribution in [-0.2, 0) is 0 Å². The molecule has 0 saturated heterocycles. The lowest BCUT2D eigenvalue weighted by Gasteiger charge is -2.21. The van der Waals surface area contributed by atoms with Gasteiger partial charge in [0, 0.05) is 12.1 Å². The summed E-state index contributed by atoms with van der Waals surface area (Å²) in [5.41, 5.74) is 7.21. The zero-order chi connectivity index (χ0) is 13.9. The number of hydrogen-bond donors (Lipinski definition) is 2. The van der Waals surface area contributed by atoms with E-state index < -0.39 is 6.10 Å². The maximum atomic E-state index is 9.97. The van der Waals surface area contributed by atoms with E-state index in [0.29, 0.717) is 15.8 Å². The summed E-state index contributed by atoms with van der Waals surface area (Å²) in [5, 5.41) is 9.97. The Labute approximate surface area is 116 Å². The molecule has 1 aromatic carbocycles. The monoisotopic (exact) mass is 317 g/mol. The van der Waals surface area contributed by atoms with Crippen molar-refractivity contribution in [3.8, 4) is 11.5 Å². The average Bonchev–Trinajstić information content (AvgIpc) is 2.36. The SMILES string of the molecule is COc1c(C(C)C)cc(C(O)CN)c(OC)c1Br. The van der Waals surface area contributed by atoms with E-state index in [1.807, 2.05) is 6.07 Å². The van der Waals surface area contributed by atoms with Crippen molar-refractivity contribution in [2.45, 2.75) is 25.9 Å². The maximum absolute atomic E-state index is 9.97. The first-order valence-electron chi connectivity index (χ1n) is 5.80. The molecule has 1 atom stereocenters. The topological polar surface area (TPSA) is 64.7 Å². The number of nitrogens with two attached hydrogens (primary N) is 1. The molecule has 5 heteroatoms. The highest BCUT2D eigenvalue weighted by Crippen LogP contribution is 2.44. The van der Waals surface area contributed by atoms with Crippen LogP contribution in [0, 0.1) is 0 Å². The van der Waals surface area contributed by atoms with Crippen molar-refractivity contribution in [1.29, 1.82) is 0 Å². The van der Waals surface area contributed by atoms with Gasteiger partial charge in [-0.15, -0.1) is 0 Å². The molecule has 0 fully saturated rings. The Balaban J connectivity index is 3.52. The molecule has 0 amide bonds. The Morgan fingerprint density at radius 3 is 2.11 bits per heavy atom. The van der Waals surface area contributed by atoms with Gasteiger partial charge in [0.25, 0.3) is 0 Å². The average molecular weight is 318 g/mol. The smallest absolute Gasteiger partial charge is 0.142 e. The molecule has 1 aromatic rings. The second kappa shape index (κ2) is 6.41. The molecule has 0 heterocycles. The Kier molecular flexibility index (Phi) is 5.44. The molecule has 0 spiro atoms. The second-order valence-corrected chi connectivity index (χ2v) is 5.13. The van der Waals surface area contributed by atoms with Crippen LogP contribution in [0.1, 0.15) is 37.0 Å². The van der Waals surface area contributed by atoms with Gasteiger partial charge in [-0.1, -0.05) is 13.8 Å². The molecular weight excluding hydrogens is 298 g/mol. The summed E-state index contributed by atoms with van der Waals surface area (Å²) in [6.45, 7) is 4.28. The largest absolute Gasteiger partial charge is 0.495 e. The highest BCUT2D eigenvalue weighted by Gasteiger charge is 2.22. The molecule has 0 aromatic heterocycles. The fourth-order valence-corrected chi connectivity index (χ4v) is 2.66. The summed E-state index contributed by atoms with van der Waals surface area (Å²) >= 11 is 3.47. The van der Waals surface area contributed by atoms with Crippen LogP contribution in [0.15, 0.2) is 10.5 Å². The fraction of sp³-hybridized carbons (Fsp3) is 0.538. The van der Waals surface area contributed by atoms with Crippen molar-refractivity contribution in [3.63, 3.8) is 0 Å². The van der Waals surface area contributed by atoms with Crippen molar-refractivity contribution in [1.82, 2.24) is 0 Å². The molecule has 1 rings (SSSR count). The summed E-state index contributed by atoms with van der Waals surface area (Å²) in [6.07, 6.45) is -0.750. The Morgan fingerprint density at radius 2 is 1.72 bits per heavy atom. The Bertz CT molecular complexity index is 421. The van der Waals surface area contributed by atoms with Crippen LogP contribution in [0.25, 0.3) is 0 Å². The van der Waals surface area contributed by atoms with Gasteiger partial charge in [-0.3, -0.25) is 0 Å². The maximum Gasteiger partial charge on any atom is 0.142 e. The number of methoxy groups -OCH3 is 2. The number of aliphatic hydroxyl groups excluding tert-OH is 1. The van der Waals surface area contributed by atoms with E-state index in [2.05, 4.69) is 29.8 Å². The molecule has 1 unspecified atom stereocenters. The minimum absolute atomic E-state index is 0.146. The van der Waals surface area contributed by atoms with Gasteiger partial charge in [0.15, 0.2) is 0 Å². The van der Waals surface area contributed by atoms with Gasteiger partial charge < -0.3 is 20.3 Å². The molecule has 0 saturated carbocycles. The summed E-state index contributed by atoms with van der Waals surface area (Å²) in [5.74, 6) is 1.56. The van der Waals surface area contributed by atoms with E-state index in [0.717, 1.165) is 11.3 Å². The van der Waals surface area contributed by atoms with Gasteiger partial charge in [-0.05, 0) is 33.5 Å². The molecule has 0 aliphatic carbocycles. The van der Waals surface area contributed by atoms with E-state index in [9.17, 15) is 5.11 Å². The first-order valence-corrected chi connectivity index (χ1v) is 6.59. The zero-order valence-corrected chi connectivity index (χ0v) is 12.7. The van der Waals surface area contributed by atoms with Crippen LogP contribution in [0.4, 0.5) is 0 Å². The number of benzene rings is 1. The van der Waals surface area contributed by atoms with Gasteiger partial charge >= 0.3 is 0 Å². The number of rotatable bonds is 5. The van der Waals surface area contributed by atoms with Gasteiger partial charge in [-0.25, -0.2) is 0 Å². The molecule has 18 heavy (non-hydrogen) atoms. The minimum atomic E-state index is -0.750. The van der Waals surface area contributed by atoms with Gasteiger partial charge in [0.2, 0.25) is 0 Å². The summed E-state index contributed by atoms with van der Waals surface area (Å²) in [6, 6.07) is 1.89. The quantitative estimate of drug-likeness (QED) is 0.876. The van der Waals surface area contributed by atoms with E-state index >= 15 is 0 Å². The fourth-order valence-electron chi connectivity index (χ4n) is 1.87. The molecule has 4 nitrogen and oxygen atoms in total. The number of hydrogen-bond acceptors (Lipinski definition) is 4. The molecule has 0 bridgehead atoms. The number of halogens is 1. The van der Waals surface area contributed by atoms with Crippen LogP contribution in [0.5, 0.6) is 11.5 Å². The van der Waals surface area contributed by atoms with Crippen molar-refractivity contribution in [2.75, 3.05) is 20.8 Å². The van der Waals surface area contributed by atoms with Gasteiger partial charge in [0.1, 0.15) is 16.0 Å². The number of ether oxygens (including phenoxy) is 2. The van der Waals surface area contributed by atoms with E-state index in [-0.39, 0.29) is 12.5 Å². The standard InChI is InChI=1S/C13H20BrNO3/c1-7(2)8-5-9(10(16)6-15)13(18-4)11(14)12(8)17-3/h5,7,10,16H,6,15H2,1-4H3. The van der Waals surface area contributed by atoms with Crippen LogP contribution in [-0.4, -0.2) is 25.9 Å². The lowest BCUT2D eigenvalue weighted by Crippen LogP contribution is -2.14. The molecule has 0 aliphatic heterocycles. The van der Waals surface area contributed by atoms with Crippen LogP contribution >= 0.6 is 15.9 Å². The lowest BCUT2D eigenvalue weighted by molar-refractivity contribution is 0.181. The Hall–Kier alpha value is -0.780. The summed E-state index contributed by atoms with van der Waals surface area (Å²) in [7, 11) is 3.17. The first kappa shape index (κ1) is 15.3. The van der Waals surface area contributed by atoms with Gasteiger partial charge in [-0.2, -0.15) is 0 Å². The summed E-state index contributed by atoms with van der Waals surface area (Å²) < 4.78 is 11.5. The molecule has 3 N–H and O–H groups in total. The third-order valence-corrected chi connectivity index (χ3v) is 3.57. The van der Waals surface area contributed by atoms with Crippen molar-refractivity contribution in [3.05, 3.63) is 21.7 Å². The van der Waals surface area contributed by atoms with Crippen molar-refractivity contribution in [2.24, 2.45) is 5.73 Å². The third kappa shape index (κ3) is 2.79. The van der Waals surface area contributed by atoms with Crippen LogP contribution in [0.2, 0.25) is 0 Å². The van der Waals surface area contributed by atoms with E-state index in [1.165, 1.54) is 0 Å². The van der Waals surface area contributed by atoms with Crippen LogP contribution < -0.4 is 15.2 Å². The molecule has 0 aliphatic rings. The Morgan fingerprint density at radius 1 is 1.22 bits per heavy atom. The molecular formula is C13H20BrNO3. The lowest BCUT2D eigenvalue weighted by atomic mass is 9.96. The second-order valence-electron chi connectivity index (χ2n) is 4.34. The van der Waals surface area contributed by atoms with E-state index in [1.54, 1.807) is 14.2 Å². The highest BCUT2D eigenvalue weighted by atomic mass is 79.9. The van der Waals surface area contributed by atoms with E-state index in [4.69, 9.17) is 15.2 Å². The normalized spacial score (nSPS) is 12.7. The van der Waals surface area contributed by atoms with Crippen LogP contribution in [0.3, 0.4) is 0 Å². The first-order chi connectivity index (χ1) is 8.47. The molecule has 0 radical (unpaired) electrons. The van der Waals surface area contributed by atoms with Crippen molar-refractivity contribution >= 4 is 15.9 Å². The van der Waals surface area contributed by atoms with Crippen molar-refractivity contribution < 1.29 is 14.6 Å². The predicted octanol–water partition coefficient (Wildman–Crippen LogP) is 2.58.